The van der Waals surface area contributed by atoms with Crippen molar-refractivity contribution in [2.24, 2.45) is 0 Å². The number of aryl methyl sites for hydroxylation is 2. The number of rotatable bonds is 12. The summed E-state index contributed by atoms with van der Waals surface area (Å²) in [5, 5.41) is 18.2. The number of hydrogen-bond acceptors (Lipinski definition) is 9. The number of carbonyl (C=O) groups excluding carboxylic acids is 1. The minimum Gasteiger partial charge on any atom is -0.432 e. The van der Waals surface area contributed by atoms with Gasteiger partial charge in [0.2, 0.25) is 0 Å². The van der Waals surface area contributed by atoms with Gasteiger partial charge in [-0.3, -0.25) is 28.3 Å². The highest BCUT2D eigenvalue weighted by Crippen LogP contribution is 2.12. The van der Waals surface area contributed by atoms with E-state index in [0.29, 0.717) is 34.9 Å². The Bertz CT molecular complexity index is 1620. The van der Waals surface area contributed by atoms with Gasteiger partial charge in [-0.1, -0.05) is 24.3 Å². The van der Waals surface area contributed by atoms with Crippen molar-refractivity contribution in [1.29, 1.82) is 0 Å². The van der Waals surface area contributed by atoms with Crippen molar-refractivity contribution in [2.75, 3.05) is 26.4 Å². The van der Waals surface area contributed by atoms with Gasteiger partial charge in [-0.15, -0.1) is 0 Å². The van der Waals surface area contributed by atoms with Gasteiger partial charge < -0.3 is 28.8 Å². The van der Waals surface area contributed by atoms with E-state index < -0.39 is 28.4 Å². The number of aliphatic hydroxyl groups excluding tert-OH is 2. The Hall–Kier alpha value is -4.49. The van der Waals surface area contributed by atoms with Crippen LogP contribution in [0.2, 0.25) is 0 Å². The van der Waals surface area contributed by atoms with E-state index in [9.17, 15) is 24.0 Å². The molecule has 0 saturated heterocycles. The zero-order chi connectivity index (χ0) is 28.6. The minimum absolute atomic E-state index is 0.0965. The average molecular weight is 555 g/mol. The van der Waals surface area contributed by atoms with Crippen molar-refractivity contribution >= 4 is 28.2 Å². The van der Waals surface area contributed by atoms with Crippen molar-refractivity contribution in [3.8, 4) is 0 Å². The Morgan fingerprint density at radius 2 is 0.850 bits per heavy atom. The standard InChI is InChI=1S/C27H30N4O9/c32-15-5-11-28-19-7-1-3-9-21(19)30(25(36)23(28)34)13-17-39-27(38)40-18-14-31-22-10-4-2-8-20(22)29(12-6-16-33)24(35)26(31)37/h1-4,7-10,32-33H,5-6,11-18H2. The second kappa shape index (κ2) is 13.0. The molecule has 13 nitrogen and oxygen atoms in total. The first-order valence-electron chi connectivity index (χ1n) is 12.8. The van der Waals surface area contributed by atoms with Crippen LogP contribution in [0.1, 0.15) is 12.8 Å². The first-order chi connectivity index (χ1) is 19.4. The fourth-order valence-corrected chi connectivity index (χ4v) is 4.57. The summed E-state index contributed by atoms with van der Waals surface area (Å²) in [6.45, 7) is -0.591. The number of hydrogen-bond donors (Lipinski definition) is 2. The number of aliphatic hydroxyl groups is 2. The Balaban J connectivity index is 1.42. The van der Waals surface area contributed by atoms with Gasteiger partial charge in [0.15, 0.2) is 0 Å². The van der Waals surface area contributed by atoms with E-state index in [-0.39, 0.29) is 52.6 Å². The van der Waals surface area contributed by atoms with E-state index in [4.69, 9.17) is 19.7 Å². The molecule has 4 aromatic rings. The Labute approximate surface area is 226 Å². The predicted octanol–water partition coefficient (Wildman–Crippen LogP) is 0.258. The number of ether oxygens (including phenoxy) is 2. The predicted molar refractivity (Wildman–Crippen MR) is 146 cm³/mol. The lowest BCUT2D eigenvalue weighted by Crippen LogP contribution is -2.42. The minimum atomic E-state index is -1.04. The first kappa shape index (κ1) is 28.5. The molecule has 4 rings (SSSR count). The molecule has 0 fully saturated rings. The summed E-state index contributed by atoms with van der Waals surface area (Å²) in [4.78, 5) is 63.0. The maximum absolute atomic E-state index is 12.7. The summed E-state index contributed by atoms with van der Waals surface area (Å²) < 4.78 is 15.2. The van der Waals surface area contributed by atoms with Gasteiger partial charge in [-0.25, -0.2) is 4.79 Å². The molecule has 2 N–H and O–H groups in total. The van der Waals surface area contributed by atoms with Crippen LogP contribution in [0.15, 0.2) is 67.7 Å². The second-order valence-electron chi connectivity index (χ2n) is 8.91. The number of para-hydroxylation sites is 4. The maximum atomic E-state index is 12.7. The van der Waals surface area contributed by atoms with Gasteiger partial charge in [0.05, 0.1) is 35.2 Å². The smallest absolute Gasteiger partial charge is 0.432 e. The van der Waals surface area contributed by atoms with E-state index in [1.165, 1.54) is 18.3 Å². The average Bonchev–Trinajstić information content (AvgIpc) is 2.97. The summed E-state index contributed by atoms with van der Waals surface area (Å²) in [5.41, 5.74) is -1.08. The van der Waals surface area contributed by atoms with E-state index in [1.54, 1.807) is 48.5 Å². The van der Waals surface area contributed by atoms with Crippen LogP contribution in [0.5, 0.6) is 0 Å². The van der Waals surface area contributed by atoms with E-state index >= 15 is 0 Å². The number of fused-ring (bicyclic) bond motifs is 2. The molecular weight excluding hydrogens is 524 g/mol. The largest absolute Gasteiger partial charge is 0.508 e. The molecule has 0 spiro atoms. The normalized spacial score (nSPS) is 11.2. The summed E-state index contributed by atoms with van der Waals surface area (Å²) in [7, 11) is 0. The third kappa shape index (κ3) is 5.90. The Morgan fingerprint density at radius 1 is 0.550 bits per heavy atom. The lowest BCUT2D eigenvalue weighted by atomic mass is 10.2. The molecule has 2 heterocycles. The highest BCUT2D eigenvalue weighted by atomic mass is 16.7. The zero-order valence-electron chi connectivity index (χ0n) is 21.7. The zero-order valence-corrected chi connectivity index (χ0v) is 21.7. The number of nitrogens with zero attached hydrogens (tertiary/aromatic N) is 4. The summed E-state index contributed by atoms with van der Waals surface area (Å²) in [6.07, 6.45) is -0.414. The molecule has 40 heavy (non-hydrogen) atoms. The van der Waals surface area contributed by atoms with Crippen LogP contribution >= 0.6 is 0 Å². The van der Waals surface area contributed by atoms with Crippen LogP contribution in [-0.2, 0) is 35.7 Å². The lowest BCUT2D eigenvalue weighted by molar-refractivity contribution is 0.0507. The SMILES string of the molecule is O=C(OCCn1c(=O)c(=O)n(CCCO)c2ccccc21)OCCn1c(=O)c(=O)n(CCCO)c2ccccc21. The van der Waals surface area contributed by atoms with Crippen molar-refractivity contribution < 1.29 is 24.5 Å². The number of aromatic nitrogens is 4. The van der Waals surface area contributed by atoms with E-state index in [0.717, 1.165) is 0 Å². The van der Waals surface area contributed by atoms with Crippen molar-refractivity contribution in [3.63, 3.8) is 0 Å². The molecule has 0 radical (unpaired) electrons. The van der Waals surface area contributed by atoms with Crippen LogP contribution in [-0.4, -0.2) is 61.1 Å². The maximum Gasteiger partial charge on any atom is 0.508 e. The molecule has 0 saturated carbocycles. The molecule has 0 aliphatic heterocycles. The van der Waals surface area contributed by atoms with Crippen LogP contribution in [0.25, 0.3) is 22.1 Å². The van der Waals surface area contributed by atoms with Gasteiger partial charge in [-0.2, -0.15) is 0 Å². The quantitative estimate of drug-likeness (QED) is 0.185. The van der Waals surface area contributed by atoms with Crippen LogP contribution in [0, 0.1) is 0 Å². The first-order valence-corrected chi connectivity index (χ1v) is 12.8. The summed E-state index contributed by atoms with van der Waals surface area (Å²) >= 11 is 0. The molecule has 0 bridgehead atoms. The molecule has 0 amide bonds. The van der Waals surface area contributed by atoms with E-state index in [1.807, 2.05) is 0 Å². The Morgan fingerprint density at radius 3 is 1.15 bits per heavy atom. The molecule has 212 valence electrons. The monoisotopic (exact) mass is 554 g/mol. The topological polar surface area (TPSA) is 164 Å². The summed E-state index contributed by atoms with van der Waals surface area (Å²) in [5.74, 6) is 0. The number of benzene rings is 2. The van der Waals surface area contributed by atoms with Gasteiger partial charge >= 0.3 is 28.4 Å². The van der Waals surface area contributed by atoms with Gasteiger partial charge in [-0.05, 0) is 37.1 Å². The Kier molecular flexibility index (Phi) is 9.30. The van der Waals surface area contributed by atoms with Crippen molar-refractivity contribution in [1.82, 2.24) is 18.3 Å². The third-order valence-corrected chi connectivity index (χ3v) is 6.42. The molecule has 2 aromatic carbocycles. The fourth-order valence-electron chi connectivity index (χ4n) is 4.57. The fraction of sp³-hybridized carbons (Fsp3) is 0.370. The number of carbonyl (C=O) groups is 1. The van der Waals surface area contributed by atoms with Gasteiger partial charge in [0.25, 0.3) is 0 Å². The molecule has 2 aromatic heterocycles. The molecule has 0 aliphatic carbocycles. The van der Waals surface area contributed by atoms with Crippen LogP contribution in [0.3, 0.4) is 0 Å². The molecule has 0 aliphatic rings. The third-order valence-electron chi connectivity index (χ3n) is 6.42. The summed E-state index contributed by atoms with van der Waals surface area (Å²) in [6, 6.07) is 13.6. The van der Waals surface area contributed by atoms with Crippen molar-refractivity contribution in [3.05, 3.63) is 89.9 Å². The van der Waals surface area contributed by atoms with Gasteiger partial charge in [0.1, 0.15) is 13.2 Å². The highest BCUT2D eigenvalue weighted by Gasteiger charge is 2.15. The van der Waals surface area contributed by atoms with Crippen molar-refractivity contribution in [2.45, 2.75) is 39.0 Å². The molecule has 0 atom stereocenters. The molecule has 0 unspecified atom stereocenters. The lowest BCUT2D eigenvalue weighted by Gasteiger charge is -2.15. The highest BCUT2D eigenvalue weighted by molar-refractivity contribution is 5.75. The second-order valence-corrected chi connectivity index (χ2v) is 8.91. The molecule has 13 heteroatoms. The van der Waals surface area contributed by atoms with Crippen LogP contribution in [0.4, 0.5) is 4.79 Å². The van der Waals surface area contributed by atoms with Crippen LogP contribution < -0.4 is 22.2 Å². The van der Waals surface area contributed by atoms with E-state index in [2.05, 4.69) is 0 Å². The molecular formula is C27H30N4O9. The van der Waals surface area contributed by atoms with Gasteiger partial charge in [0, 0.05) is 26.3 Å².